The molecule has 4 rings (SSSR count). The van der Waals surface area contributed by atoms with E-state index in [4.69, 9.17) is 4.74 Å². The first-order valence-electron chi connectivity index (χ1n) is 11.8. The zero-order valence-corrected chi connectivity index (χ0v) is 21.4. The Morgan fingerprint density at radius 3 is 2.64 bits per heavy atom. The molecule has 1 aliphatic heterocycles. The smallest absolute Gasteiger partial charge is 0.247 e. The molecule has 36 heavy (non-hydrogen) atoms. The molecule has 8 nitrogen and oxygen atoms in total. The molecular formula is C26H31FN4O4S. The summed E-state index contributed by atoms with van der Waals surface area (Å²) in [4.78, 5) is 10.2. The van der Waals surface area contributed by atoms with Crippen molar-refractivity contribution in [2.45, 2.75) is 37.4 Å². The molecule has 3 atom stereocenters. The maximum Gasteiger partial charge on any atom is 0.247 e. The number of aliphatic hydroxyl groups excluding tert-OH is 1. The maximum atomic E-state index is 14.5. The van der Waals surface area contributed by atoms with Gasteiger partial charge < -0.3 is 9.84 Å². The second-order valence-electron chi connectivity index (χ2n) is 9.32. The summed E-state index contributed by atoms with van der Waals surface area (Å²) < 4.78 is 49.5. The fourth-order valence-corrected chi connectivity index (χ4v) is 6.23. The Morgan fingerprint density at radius 1 is 1.22 bits per heavy atom. The molecule has 3 aromatic rings. The highest BCUT2D eigenvalue weighted by atomic mass is 32.2. The van der Waals surface area contributed by atoms with Crippen molar-refractivity contribution in [1.82, 2.24) is 19.2 Å². The van der Waals surface area contributed by atoms with E-state index in [0.29, 0.717) is 24.2 Å². The third-order valence-electron chi connectivity index (χ3n) is 6.41. The average Bonchev–Trinajstić information content (AvgIpc) is 2.86. The Morgan fingerprint density at radius 2 is 1.94 bits per heavy atom. The lowest BCUT2D eigenvalue weighted by Gasteiger charge is -2.37. The first kappa shape index (κ1) is 26.2. The van der Waals surface area contributed by atoms with Crippen LogP contribution in [0.1, 0.15) is 19.4 Å². The SMILES string of the molecule is C[C@@H]1CN([C@H](C)CO)S(=O)(=O)c2ccc(-c3ccccc3F)cc2O[C@@H]1CN(C)Cc1cncnc1. The van der Waals surface area contributed by atoms with Gasteiger partial charge in [-0.15, -0.1) is 0 Å². The number of halogens is 1. The molecule has 0 amide bonds. The molecule has 2 aromatic carbocycles. The van der Waals surface area contributed by atoms with Crippen LogP contribution in [0, 0.1) is 11.7 Å². The van der Waals surface area contributed by atoms with E-state index in [1.807, 2.05) is 14.0 Å². The van der Waals surface area contributed by atoms with E-state index in [1.54, 1.807) is 49.6 Å². The van der Waals surface area contributed by atoms with Gasteiger partial charge in [-0.3, -0.25) is 4.90 Å². The summed E-state index contributed by atoms with van der Waals surface area (Å²) in [6, 6.07) is 10.4. The van der Waals surface area contributed by atoms with Crippen LogP contribution in [-0.2, 0) is 16.6 Å². The maximum absolute atomic E-state index is 14.5. The predicted molar refractivity (Wildman–Crippen MR) is 134 cm³/mol. The monoisotopic (exact) mass is 514 g/mol. The normalized spacial score (nSPS) is 20.7. The molecule has 0 bridgehead atoms. The van der Waals surface area contributed by atoms with Crippen LogP contribution < -0.4 is 4.74 Å². The van der Waals surface area contributed by atoms with Gasteiger partial charge in [-0.25, -0.2) is 22.8 Å². The highest BCUT2D eigenvalue weighted by molar-refractivity contribution is 7.89. The van der Waals surface area contributed by atoms with Crippen molar-refractivity contribution >= 4 is 10.0 Å². The highest BCUT2D eigenvalue weighted by Gasteiger charge is 2.38. The Bertz CT molecular complexity index is 1290. The number of aromatic nitrogens is 2. The van der Waals surface area contributed by atoms with Gasteiger partial charge in [0.05, 0.1) is 6.61 Å². The first-order chi connectivity index (χ1) is 17.2. The van der Waals surface area contributed by atoms with Gasteiger partial charge in [0.2, 0.25) is 10.0 Å². The molecule has 2 heterocycles. The zero-order chi connectivity index (χ0) is 25.9. The number of likely N-dealkylation sites (N-methyl/N-ethyl adjacent to an activating group) is 1. The van der Waals surface area contributed by atoms with E-state index in [-0.39, 0.29) is 35.8 Å². The zero-order valence-electron chi connectivity index (χ0n) is 20.6. The lowest BCUT2D eigenvalue weighted by atomic mass is 10.0. The van der Waals surface area contributed by atoms with Crippen LogP contribution in [0.2, 0.25) is 0 Å². The minimum atomic E-state index is -3.97. The Labute approximate surface area is 211 Å². The summed E-state index contributed by atoms with van der Waals surface area (Å²) >= 11 is 0. The lowest BCUT2D eigenvalue weighted by Crippen LogP contribution is -2.49. The number of aliphatic hydroxyl groups is 1. The van der Waals surface area contributed by atoms with Crippen molar-refractivity contribution in [2.75, 3.05) is 26.7 Å². The molecule has 0 unspecified atom stereocenters. The molecule has 0 aliphatic carbocycles. The van der Waals surface area contributed by atoms with Crippen molar-refractivity contribution in [3.05, 3.63) is 72.6 Å². The predicted octanol–water partition coefficient (Wildman–Crippen LogP) is 3.18. The largest absolute Gasteiger partial charge is 0.487 e. The van der Waals surface area contributed by atoms with Crippen LogP contribution in [0.3, 0.4) is 0 Å². The standard InChI is InChI=1S/C26H31FN4O4S/c1-18-13-31(19(2)16-32)36(33,34)26-9-8-21(22-6-4-5-7-23(22)27)10-24(26)35-25(18)15-30(3)14-20-11-28-17-29-12-20/h4-12,17-19,25,32H,13-16H2,1-3H3/t18-,19-,25-/m1/s1. The van der Waals surface area contributed by atoms with E-state index in [0.717, 1.165) is 5.56 Å². The van der Waals surface area contributed by atoms with Crippen LogP contribution >= 0.6 is 0 Å². The fourth-order valence-electron chi connectivity index (χ4n) is 4.40. The third kappa shape index (κ3) is 5.57. The van der Waals surface area contributed by atoms with Crippen LogP contribution in [0.4, 0.5) is 4.39 Å². The summed E-state index contributed by atoms with van der Waals surface area (Å²) in [6.07, 6.45) is 4.60. The summed E-state index contributed by atoms with van der Waals surface area (Å²) in [7, 11) is -2.02. The molecule has 0 spiro atoms. The highest BCUT2D eigenvalue weighted by Crippen LogP contribution is 2.37. The Hall–Kier alpha value is -2.92. The number of nitrogens with zero attached hydrogens (tertiary/aromatic N) is 4. The van der Waals surface area contributed by atoms with Crippen molar-refractivity contribution in [2.24, 2.45) is 5.92 Å². The average molecular weight is 515 g/mol. The molecule has 0 radical (unpaired) electrons. The van der Waals surface area contributed by atoms with Crippen molar-refractivity contribution in [1.29, 1.82) is 0 Å². The van der Waals surface area contributed by atoms with Gasteiger partial charge in [0.1, 0.15) is 28.9 Å². The van der Waals surface area contributed by atoms with Crippen molar-refractivity contribution < 1.29 is 22.7 Å². The van der Waals surface area contributed by atoms with Crippen LogP contribution in [0.25, 0.3) is 11.1 Å². The van der Waals surface area contributed by atoms with E-state index in [2.05, 4.69) is 14.9 Å². The first-order valence-corrected chi connectivity index (χ1v) is 13.3. The van der Waals surface area contributed by atoms with Crippen molar-refractivity contribution in [3.8, 4) is 16.9 Å². The second kappa shape index (κ2) is 11.0. The van der Waals surface area contributed by atoms with Gasteiger partial charge in [-0.05, 0) is 37.7 Å². The summed E-state index contributed by atoms with van der Waals surface area (Å²) in [5, 5.41) is 9.82. The third-order valence-corrected chi connectivity index (χ3v) is 8.43. The van der Waals surface area contributed by atoms with E-state index in [1.165, 1.54) is 22.8 Å². The molecule has 1 aliphatic rings. The lowest BCUT2D eigenvalue weighted by molar-refractivity contribution is 0.0733. The molecule has 0 saturated carbocycles. The topological polar surface area (TPSA) is 95.9 Å². The van der Waals surface area contributed by atoms with Gasteiger partial charge >= 0.3 is 0 Å². The minimum absolute atomic E-state index is 0.00102. The molecular weight excluding hydrogens is 483 g/mol. The number of rotatable bonds is 7. The van der Waals surface area contributed by atoms with Gasteiger partial charge in [-0.1, -0.05) is 31.2 Å². The Kier molecular flexibility index (Phi) is 7.99. The number of hydrogen-bond donors (Lipinski definition) is 1. The van der Waals surface area contributed by atoms with Gasteiger partial charge in [-0.2, -0.15) is 4.31 Å². The molecule has 1 N–H and O–H groups in total. The number of hydrogen-bond acceptors (Lipinski definition) is 7. The van der Waals surface area contributed by atoms with Gasteiger partial charge in [0, 0.05) is 55.1 Å². The van der Waals surface area contributed by atoms with Crippen LogP contribution in [0.5, 0.6) is 5.75 Å². The molecule has 0 saturated heterocycles. The quantitative estimate of drug-likeness (QED) is 0.517. The number of ether oxygens (including phenoxy) is 1. The number of benzene rings is 2. The number of fused-ring (bicyclic) bond motifs is 1. The van der Waals surface area contributed by atoms with E-state index >= 15 is 0 Å². The molecule has 10 heteroatoms. The van der Waals surface area contributed by atoms with Gasteiger partial charge in [0.25, 0.3) is 0 Å². The summed E-state index contributed by atoms with van der Waals surface area (Å²) in [5.74, 6) is -0.441. The van der Waals surface area contributed by atoms with Gasteiger partial charge in [0.15, 0.2) is 0 Å². The molecule has 192 valence electrons. The fraction of sp³-hybridized carbons (Fsp3) is 0.385. The van der Waals surface area contributed by atoms with Crippen LogP contribution in [-0.4, -0.2) is 71.6 Å². The van der Waals surface area contributed by atoms with Crippen molar-refractivity contribution in [3.63, 3.8) is 0 Å². The summed E-state index contributed by atoms with van der Waals surface area (Å²) in [6.45, 7) is 4.57. The molecule has 0 fully saturated rings. The summed E-state index contributed by atoms with van der Waals surface area (Å²) in [5.41, 5.74) is 1.82. The molecule has 1 aromatic heterocycles. The minimum Gasteiger partial charge on any atom is -0.487 e. The Balaban J connectivity index is 1.74. The second-order valence-corrected chi connectivity index (χ2v) is 11.2. The van der Waals surface area contributed by atoms with E-state index < -0.39 is 21.9 Å². The van der Waals surface area contributed by atoms with Crippen LogP contribution in [0.15, 0.2) is 66.1 Å². The number of sulfonamides is 1. The van der Waals surface area contributed by atoms with E-state index in [9.17, 15) is 17.9 Å².